The van der Waals surface area contributed by atoms with E-state index in [0.29, 0.717) is 6.04 Å². The highest BCUT2D eigenvalue weighted by Crippen LogP contribution is 2.54. The molecule has 3 heterocycles. The lowest BCUT2D eigenvalue weighted by atomic mass is 9.92. The number of aromatic nitrogens is 2. The highest BCUT2D eigenvalue weighted by Gasteiger charge is 2.63. The van der Waals surface area contributed by atoms with Crippen LogP contribution in [-0.2, 0) is 16.0 Å². The van der Waals surface area contributed by atoms with Crippen molar-refractivity contribution in [3.8, 4) is 11.4 Å². The number of fused-ring (bicyclic) bond motifs is 5. The number of ether oxygens (including phenoxy) is 1. The minimum absolute atomic E-state index is 0.0274. The predicted molar refractivity (Wildman–Crippen MR) is 122 cm³/mol. The first kappa shape index (κ1) is 27.5. The molecular formula is C26H38ClN3O5. The first-order valence-corrected chi connectivity index (χ1v) is 13.1. The topological polar surface area (TPSA) is 114 Å². The molecule has 0 radical (unpaired) electrons. The number of hydrogen-bond acceptors (Lipinski definition) is 6. The Kier molecular flexibility index (Phi) is 6.90. The van der Waals surface area contributed by atoms with Gasteiger partial charge in [-0.1, -0.05) is 53.7 Å². The van der Waals surface area contributed by atoms with Crippen molar-refractivity contribution in [1.29, 1.82) is 0 Å². The largest absolute Gasteiger partial charge is 0.431 e. The monoisotopic (exact) mass is 507 g/mol. The molecule has 0 aliphatic carbocycles. The molecule has 0 fully saturated rings. The number of halogens is 1. The van der Waals surface area contributed by atoms with Crippen LogP contribution in [-0.4, -0.2) is 15.5 Å². The van der Waals surface area contributed by atoms with Crippen molar-refractivity contribution in [1.82, 2.24) is 9.47 Å². The molecule has 2 aliphatic heterocycles. The fourth-order valence-electron chi connectivity index (χ4n) is 4.70. The molecule has 1 atom stereocenters. The second-order valence-corrected chi connectivity index (χ2v) is 12.6. The van der Waals surface area contributed by atoms with Gasteiger partial charge < -0.3 is 4.74 Å². The average Bonchev–Trinajstić information content (AvgIpc) is 3.33. The van der Waals surface area contributed by atoms with Crippen LogP contribution < -0.4 is 23.2 Å². The maximum Gasteiger partial charge on any atom is 0.367 e. The zero-order valence-electron chi connectivity index (χ0n) is 22.4. The molecule has 0 N–H and O–H groups in total. The molecule has 4 rings (SSSR count). The summed E-state index contributed by atoms with van der Waals surface area (Å²) in [6, 6.07) is 9.41. The lowest BCUT2D eigenvalue weighted by molar-refractivity contribution is -2.00. The van der Waals surface area contributed by atoms with Crippen LogP contribution in [0.25, 0.3) is 11.4 Å². The molecule has 8 nitrogen and oxygen atoms in total. The summed E-state index contributed by atoms with van der Waals surface area (Å²) in [4.78, 5) is 2.42. The smallest absolute Gasteiger partial charge is 0.367 e. The second-order valence-electron chi connectivity index (χ2n) is 11.8. The van der Waals surface area contributed by atoms with Gasteiger partial charge in [0, 0.05) is 23.1 Å². The van der Waals surface area contributed by atoms with Crippen LogP contribution in [0.1, 0.15) is 86.5 Å². The van der Waals surface area contributed by atoms with E-state index < -0.39 is 16.1 Å². The Morgan fingerprint density at radius 2 is 1.46 bits per heavy atom. The molecule has 35 heavy (non-hydrogen) atoms. The summed E-state index contributed by atoms with van der Waals surface area (Å²) in [5, 5.41) is 0. The van der Waals surface area contributed by atoms with E-state index in [0.717, 1.165) is 5.76 Å². The van der Waals surface area contributed by atoms with Gasteiger partial charge in [0.25, 0.3) is 5.82 Å². The van der Waals surface area contributed by atoms with Gasteiger partial charge in [-0.05, 0) is 39.8 Å². The van der Waals surface area contributed by atoms with E-state index in [9.17, 15) is 0 Å². The van der Waals surface area contributed by atoms with E-state index in [1.54, 1.807) is 0 Å². The molecule has 1 spiro atoms. The minimum atomic E-state index is -4.94. The Hall–Kier alpha value is -2.10. The maximum absolute atomic E-state index is 8.49. The van der Waals surface area contributed by atoms with Gasteiger partial charge in [0.1, 0.15) is 12.0 Å². The van der Waals surface area contributed by atoms with Crippen molar-refractivity contribution in [2.75, 3.05) is 0 Å². The Morgan fingerprint density at radius 3 is 1.91 bits per heavy atom. The van der Waals surface area contributed by atoms with Gasteiger partial charge in [0.2, 0.25) is 0 Å². The summed E-state index contributed by atoms with van der Waals surface area (Å²) in [6.45, 7) is 22.6. The van der Waals surface area contributed by atoms with Crippen molar-refractivity contribution < 1.29 is 38.2 Å². The number of benzene rings is 1. The molecule has 2 aliphatic rings. The number of imidazole rings is 1. The zero-order chi connectivity index (χ0) is 26.7. The summed E-state index contributed by atoms with van der Waals surface area (Å²) in [5.74, 6) is 1.58. The Morgan fingerprint density at radius 1 is 0.914 bits per heavy atom. The molecular weight excluding hydrogens is 470 g/mol. The third-order valence-electron chi connectivity index (χ3n) is 6.26. The summed E-state index contributed by atoms with van der Waals surface area (Å²) in [7, 11) is -4.94. The van der Waals surface area contributed by atoms with Gasteiger partial charge >= 0.3 is 5.85 Å². The molecule has 2 aromatic rings. The number of hydrogen-bond donors (Lipinski definition) is 0. The maximum atomic E-state index is 8.49. The van der Waals surface area contributed by atoms with Crippen LogP contribution in [0.15, 0.2) is 42.4 Å². The van der Waals surface area contributed by atoms with E-state index in [-0.39, 0.29) is 16.9 Å². The highest BCUT2D eigenvalue weighted by molar-refractivity contribution is 5.67. The molecule has 1 aromatic carbocycles. The molecule has 194 valence electrons. The Bertz CT molecular complexity index is 1110. The van der Waals surface area contributed by atoms with Crippen molar-refractivity contribution in [2.24, 2.45) is 5.41 Å². The lowest BCUT2D eigenvalue weighted by Crippen LogP contribution is -2.68. The van der Waals surface area contributed by atoms with Crippen molar-refractivity contribution >= 4 is 0 Å². The number of rotatable bonds is 2. The van der Waals surface area contributed by atoms with Crippen molar-refractivity contribution in [3.63, 3.8) is 0 Å². The summed E-state index contributed by atoms with van der Waals surface area (Å²) < 4.78 is 45.9. The quantitative estimate of drug-likeness (QED) is 0.564. The molecule has 0 amide bonds. The SMILES string of the molecule is CC(C)N1C=C(C(C)(C)C)OC12c1ccccc1-c1n2c(C(C)(C)C)c[n+]1C(C)C.[O-][Cl+3]([O-])([O-])[O-]. The van der Waals surface area contributed by atoms with Gasteiger partial charge in [-0.2, -0.15) is 4.57 Å². The van der Waals surface area contributed by atoms with E-state index >= 15 is 0 Å². The van der Waals surface area contributed by atoms with Crippen molar-refractivity contribution in [2.45, 2.75) is 92.6 Å². The Labute approximate surface area is 210 Å². The predicted octanol–water partition coefficient (Wildman–Crippen LogP) is 1.17. The van der Waals surface area contributed by atoms with E-state index in [4.69, 9.17) is 23.4 Å². The zero-order valence-corrected chi connectivity index (χ0v) is 23.1. The average molecular weight is 508 g/mol. The van der Waals surface area contributed by atoms with E-state index in [2.05, 4.69) is 120 Å². The van der Waals surface area contributed by atoms with Gasteiger partial charge in [-0.15, -0.1) is 10.2 Å². The molecule has 0 bridgehead atoms. The van der Waals surface area contributed by atoms with Crippen LogP contribution in [0.4, 0.5) is 0 Å². The third-order valence-corrected chi connectivity index (χ3v) is 6.26. The van der Waals surface area contributed by atoms with E-state index in [1.807, 2.05) is 0 Å². The van der Waals surface area contributed by atoms with Gasteiger partial charge in [0.15, 0.2) is 5.69 Å². The van der Waals surface area contributed by atoms with Crippen LogP contribution >= 0.6 is 0 Å². The van der Waals surface area contributed by atoms with Gasteiger partial charge in [-0.25, -0.2) is 23.2 Å². The van der Waals surface area contributed by atoms with Gasteiger partial charge in [-0.3, -0.25) is 4.90 Å². The van der Waals surface area contributed by atoms with Crippen LogP contribution in [0, 0.1) is 15.7 Å². The van der Waals surface area contributed by atoms with E-state index in [1.165, 1.54) is 22.6 Å². The van der Waals surface area contributed by atoms with Crippen LogP contribution in [0.5, 0.6) is 0 Å². The second kappa shape index (κ2) is 8.78. The summed E-state index contributed by atoms with van der Waals surface area (Å²) in [6.07, 6.45) is 4.59. The number of allylic oxidation sites excluding steroid dienone is 1. The highest BCUT2D eigenvalue weighted by atomic mass is 35.7. The van der Waals surface area contributed by atoms with Crippen LogP contribution in [0.3, 0.4) is 0 Å². The standard InChI is InChI=1S/C26H38N3O.ClHO4/c1-17(2)27-15-21(24(5,6)7)29-23(27)19-13-11-12-14-20(19)26(29)28(18(3)4)16-22(30-26)25(8,9)10;2-1(3,4)5/h11-18H,1-10H3;(H,2,3,4,5)/q+1;/p-1. The summed E-state index contributed by atoms with van der Waals surface area (Å²) >= 11 is 0. The van der Waals surface area contributed by atoms with Gasteiger partial charge in [0.05, 0.1) is 17.2 Å². The fraction of sp³-hybridized carbons (Fsp3) is 0.577. The summed E-state index contributed by atoms with van der Waals surface area (Å²) in [5.41, 5.74) is 3.68. The number of nitrogens with zero attached hydrogens (tertiary/aromatic N) is 3. The molecule has 0 saturated carbocycles. The lowest BCUT2D eigenvalue weighted by Gasteiger charge is -2.37. The molecule has 9 heteroatoms. The Balaban J connectivity index is 0.000000623. The first-order chi connectivity index (χ1) is 15.8. The third kappa shape index (κ3) is 4.95. The molecule has 0 saturated heterocycles. The van der Waals surface area contributed by atoms with Crippen molar-refractivity contribution in [3.05, 3.63) is 53.7 Å². The molecule has 1 aromatic heterocycles. The minimum Gasteiger partial charge on any atom is -0.431 e. The molecule has 1 unspecified atom stereocenters. The fourth-order valence-corrected chi connectivity index (χ4v) is 4.70. The first-order valence-electron chi connectivity index (χ1n) is 11.9. The normalized spacial score (nSPS) is 19.5. The van der Waals surface area contributed by atoms with Crippen LogP contribution in [0.2, 0.25) is 0 Å².